The lowest BCUT2D eigenvalue weighted by Crippen LogP contribution is -2.40. The van der Waals surface area contributed by atoms with Gasteiger partial charge in [-0.1, -0.05) is 0 Å². The molecule has 0 aliphatic carbocycles. The second kappa shape index (κ2) is 6.87. The predicted octanol–water partition coefficient (Wildman–Crippen LogP) is 0.336. The summed E-state index contributed by atoms with van der Waals surface area (Å²) >= 11 is 5.92. The van der Waals surface area contributed by atoms with E-state index in [2.05, 4.69) is 10.0 Å². The summed E-state index contributed by atoms with van der Waals surface area (Å²) in [4.78, 5) is 11.1. The molecule has 24 heavy (non-hydrogen) atoms. The number of hydrogen-bond donors (Lipinski definition) is 2. The number of carbonyl (C=O) groups excluding carboxylic acids is 1. The van der Waals surface area contributed by atoms with Crippen molar-refractivity contribution in [3.05, 3.63) is 18.2 Å². The Balaban J connectivity index is 2.31. The molecule has 0 aromatic heterocycles. The van der Waals surface area contributed by atoms with Crippen LogP contribution in [0.1, 0.15) is 6.92 Å². The second-order valence-corrected chi connectivity index (χ2v) is 9.79. The molecule has 0 radical (unpaired) electrons. The van der Waals surface area contributed by atoms with Gasteiger partial charge in [0.1, 0.15) is 5.75 Å². The summed E-state index contributed by atoms with van der Waals surface area (Å²) in [6, 6.07) is 3.01. The Morgan fingerprint density at radius 2 is 2.00 bits per heavy atom. The van der Waals surface area contributed by atoms with E-state index in [0.717, 1.165) is 0 Å². The summed E-state index contributed by atoms with van der Waals surface area (Å²) in [7, 11) is -6.00. The van der Waals surface area contributed by atoms with Crippen molar-refractivity contribution in [2.75, 3.05) is 23.9 Å². The smallest absolute Gasteiger partial charge is 0.240 e. The van der Waals surface area contributed by atoms with E-state index in [1.807, 2.05) is 0 Å². The van der Waals surface area contributed by atoms with E-state index in [1.165, 1.54) is 32.2 Å². The lowest BCUT2D eigenvalue weighted by atomic mass is 10.3. The summed E-state index contributed by atoms with van der Waals surface area (Å²) in [6.07, 6.45) is 0. The summed E-state index contributed by atoms with van der Waals surface area (Å²) in [6.45, 7) is 1.28. The normalized spacial score (nSPS) is 23.0. The molecule has 1 amide bonds. The van der Waals surface area contributed by atoms with Gasteiger partial charge in [0.25, 0.3) is 0 Å². The number of carbonyl (C=O) groups is 1. The third-order valence-corrected chi connectivity index (χ3v) is 7.24. The Hall–Kier alpha value is -1.36. The summed E-state index contributed by atoms with van der Waals surface area (Å²) < 4.78 is 55.4. The van der Waals surface area contributed by atoms with Gasteiger partial charge in [0, 0.05) is 6.92 Å². The molecule has 1 aromatic rings. The van der Waals surface area contributed by atoms with Crippen molar-refractivity contribution in [2.24, 2.45) is 0 Å². The maximum atomic E-state index is 12.5. The molecule has 1 fully saturated rings. The first-order valence-corrected chi connectivity index (χ1v) is 10.6. The number of amides is 1. The lowest BCUT2D eigenvalue weighted by Gasteiger charge is -2.16. The molecule has 2 N–H and O–H groups in total. The third kappa shape index (κ3) is 4.38. The molecule has 1 saturated heterocycles. The highest BCUT2D eigenvalue weighted by atomic mass is 35.5. The fraction of sp³-hybridized carbons (Fsp3) is 0.462. The van der Waals surface area contributed by atoms with Crippen molar-refractivity contribution >= 4 is 43.1 Å². The molecular formula is C13H17ClN2O6S2. The molecule has 1 heterocycles. The van der Waals surface area contributed by atoms with Crippen LogP contribution in [0, 0.1) is 0 Å². The average Bonchev–Trinajstić information content (AvgIpc) is 2.69. The van der Waals surface area contributed by atoms with Crippen LogP contribution < -0.4 is 14.8 Å². The molecule has 2 rings (SSSR count). The van der Waals surface area contributed by atoms with Crippen molar-refractivity contribution < 1.29 is 26.4 Å². The average molecular weight is 397 g/mol. The SMILES string of the molecule is COc1ccc(S(=O)(=O)N[C@@H]2CS(=O)(=O)C[C@H]2Cl)cc1NC(C)=O. The van der Waals surface area contributed by atoms with E-state index in [1.54, 1.807) is 0 Å². The van der Waals surface area contributed by atoms with Gasteiger partial charge < -0.3 is 10.1 Å². The van der Waals surface area contributed by atoms with E-state index in [4.69, 9.17) is 16.3 Å². The number of anilines is 1. The number of alkyl halides is 1. The molecule has 1 aromatic carbocycles. The number of sulfone groups is 1. The quantitative estimate of drug-likeness (QED) is 0.692. The number of benzene rings is 1. The van der Waals surface area contributed by atoms with Crippen molar-refractivity contribution in [3.8, 4) is 5.75 Å². The largest absolute Gasteiger partial charge is 0.495 e. The topological polar surface area (TPSA) is 119 Å². The highest BCUT2D eigenvalue weighted by Gasteiger charge is 2.39. The highest BCUT2D eigenvalue weighted by molar-refractivity contribution is 7.92. The van der Waals surface area contributed by atoms with Crippen LogP contribution >= 0.6 is 11.6 Å². The van der Waals surface area contributed by atoms with Gasteiger partial charge in [0.05, 0.1) is 40.6 Å². The van der Waals surface area contributed by atoms with Gasteiger partial charge in [0.15, 0.2) is 9.84 Å². The number of rotatable bonds is 5. The minimum Gasteiger partial charge on any atom is -0.495 e. The first-order chi connectivity index (χ1) is 11.0. The van der Waals surface area contributed by atoms with E-state index < -0.39 is 37.2 Å². The molecular weight excluding hydrogens is 380 g/mol. The highest BCUT2D eigenvalue weighted by Crippen LogP contribution is 2.28. The number of ether oxygens (including phenoxy) is 1. The molecule has 0 unspecified atom stereocenters. The molecule has 0 saturated carbocycles. The van der Waals surface area contributed by atoms with Gasteiger partial charge in [-0.15, -0.1) is 11.6 Å². The zero-order chi connectivity index (χ0) is 18.1. The monoisotopic (exact) mass is 396 g/mol. The number of halogens is 1. The van der Waals surface area contributed by atoms with Crippen LogP contribution in [0.3, 0.4) is 0 Å². The minimum atomic E-state index is -4.02. The molecule has 1 aliphatic rings. The Morgan fingerprint density at radius 1 is 1.33 bits per heavy atom. The van der Waals surface area contributed by atoms with Crippen LogP contribution in [0.15, 0.2) is 23.1 Å². The van der Waals surface area contributed by atoms with Crippen molar-refractivity contribution in [3.63, 3.8) is 0 Å². The zero-order valence-electron chi connectivity index (χ0n) is 12.9. The van der Waals surface area contributed by atoms with Crippen LogP contribution in [0.25, 0.3) is 0 Å². The molecule has 11 heteroatoms. The second-order valence-electron chi connectivity index (χ2n) is 5.36. The van der Waals surface area contributed by atoms with Crippen LogP contribution in [0.5, 0.6) is 5.75 Å². The van der Waals surface area contributed by atoms with Crippen molar-refractivity contribution in [1.82, 2.24) is 4.72 Å². The van der Waals surface area contributed by atoms with E-state index in [-0.39, 0.29) is 22.1 Å². The minimum absolute atomic E-state index is 0.139. The van der Waals surface area contributed by atoms with Crippen LogP contribution in [-0.4, -0.2) is 52.8 Å². The van der Waals surface area contributed by atoms with Crippen LogP contribution in [0.2, 0.25) is 0 Å². The van der Waals surface area contributed by atoms with Crippen molar-refractivity contribution in [2.45, 2.75) is 23.2 Å². The first-order valence-electron chi connectivity index (χ1n) is 6.86. The van der Waals surface area contributed by atoms with Crippen molar-refractivity contribution in [1.29, 1.82) is 0 Å². The Kier molecular flexibility index (Phi) is 5.43. The molecule has 2 atom stereocenters. The third-order valence-electron chi connectivity index (χ3n) is 3.38. The van der Waals surface area contributed by atoms with Gasteiger partial charge in [-0.25, -0.2) is 21.6 Å². The maximum Gasteiger partial charge on any atom is 0.240 e. The predicted molar refractivity (Wildman–Crippen MR) is 89.7 cm³/mol. The van der Waals surface area contributed by atoms with Crippen LogP contribution in [0.4, 0.5) is 5.69 Å². The lowest BCUT2D eigenvalue weighted by molar-refractivity contribution is -0.114. The molecule has 1 aliphatic heterocycles. The number of methoxy groups -OCH3 is 1. The number of sulfonamides is 1. The Morgan fingerprint density at radius 3 is 2.50 bits per heavy atom. The molecule has 134 valence electrons. The van der Waals surface area contributed by atoms with Gasteiger partial charge >= 0.3 is 0 Å². The van der Waals surface area contributed by atoms with Crippen LogP contribution in [-0.2, 0) is 24.7 Å². The Labute approximate surface area is 145 Å². The summed E-state index contributed by atoms with van der Waals surface area (Å²) in [5, 5.41) is 1.64. The Bertz CT molecular complexity index is 853. The zero-order valence-corrected chi connectivity index (χ0v) is 15.3. The summed E-state index contributed by atoms with van der Waals surface area (Å²) in [5.41, 5.74) is 0.189. The van der Waals surface area contributed by atoms with E-state index in [9.17, 15) is 21.6 Å². The summed E-state index contributed by atoms with van der Waals surface area (Å²) in [5.74, 6) is -0.724. The first kappa shape index (κ1) is 19.0. The van der Waals surface area contributed by atoms with E-state index >= 15 is 0 Å². The van der Waals surface area contributed by atoms with Gasteiger partial charge in [-0.2, -0.15) is 0 Å². The fourth-order valence-corrected chi connectivity index (χ4v) is 6.35. The number of nitrogens with one attached hydrogen (secondary N) is 2. The van der Waals surface area contributed by atoms with E-state index in [0.29, 0.717) is 5.75 Å². The fourth-order valence-electron chi connectivity index (χ4n) is 2.32. The van der Waals surface area contributed by atoms with Gasteiger partial charge in [-0.3, -0.25) is 4.79 Å². The number of hydrogen-bond acceptors (Lipinski definition) is 6. The molecule has 8 nitrogen and oxygen atoms in total. The molecule has 0 spiro atoms. The maximum absolute atomic E-state index is 12.5. The van der Waals surface area contributed by atoms with Gasteiger partial charge in [0.2, 0.25) is 15.9 Å². The molecule has 0 bridgehead atoms. The van der Waals surface area contributed by atoms with Gasteiger partial charge in [-0.05, 0) is 18.2 Å². The standard InChI is InChI=1S/C13H17ClN2O6S2/c1-8(17)15-11-5-9(3-4-13(11)22-2)24(20,21)16-12-7-23(18,19)6-10(12)14/h3-5,10,12,16H,6-7H2,1-2H3,(H,15,17)/t10-,12-/m1/s1.